The van der Waals surface area contributed by atoms with E-state index < -0.39 is 0 Å². The van der Waals surface area contributed by atoms with Gasteiger partial charge in [0.25, 0.3) is 0 Å². The van der Waals surface area contributed by atoms with Crippen LogP contribution in [0.2, 0.25) is 0 Å². The largest absolute Gasteiger partial charge is 0.294 e. The van der Waals surface area contributed by atoms with Crippen LogP contribution in [0, 0.1) is 0 Å². The fourth-order valence-electron chi connectivity index (χ4n) is 2.36. The first-order valence-corrected chi connectivity index (χ1v) is 7.40. The fourth-order valence-corrected chi connectivity index (χ4v) is 2.36. The summed E-state index contributed by atoms with van der Waals surface area (Å²) in [4.78, 5) is 12.5. The monoisotopic (exact) mass is 266 g/mol. The molecule has 1 heteroatoms. The van der Waals surface area contributed by atoms with Crippen molar-refractivity contribution < 1.29 is 4.79 Å². The predicted molar refractivity (Wildman–Crippen MR) is 84.2 cm³/mol. The molecule has 0 fully saturated rings. The Morgan fingerprint density at radius 2 is 1.65 bits per heavy atom. The summed E-state index contributed by atoms with van der Waals surface area (Å²) in [7, 11) is 0. The zero-order valence-corrected chi connectivity index (χ0v) is 12.3. The van der Waals surface area contributed by atoms with Crippen LogP contribution in [0.4, 0.5) is 0 Å². The third-order valence-corrected chi connectivity index (χ3v) is 3.75. The second-order valence-electron chi connectivity index (χ2n) is 5.30. The predicted octanol–water partition coefficient (Wildman–Crippen LogP) is 5.02. The molecule has 0 saturated heterocycles. The Hall–Kier alpha value is -1.89. The van der Waals surface area contributed by atoms with Gasteiger partial charge in [-0.05, 0) is 24.0 Å². The van der Waals surface area contributed by atoms with Gasteiger partial charge >= 0.3 is 0 Å². The molecule has 0 aliphatic heterocycles. The lowest BCUT2D eigenvalue weighted by atomic mass is 9.92. The van der Waals surface area contributed by atoms with Gasteiger partial charge in [-0.25, -0.2) is 0 Å². The van der Waals surface area contributed by atoms with E-state index in [1.54, 1.807) is 0 Å². The van der Waals surface area contributed by atoms with Gasteiger partial charge in [0.15, 0.2) is 5.78 Å². The van der Waals surface area contributed by atoms with Crippen LogP contribution in [0.5, 0.6) is 0 Å². The van der Waals surface area contributed by atoms with E-state index in [4.69, 9.17) is 0 Å². The quantitative estimate of drug-likeness (QED) is 0.671. The number of carbonyl (C=O) groups is 1. The maximum Gasteiger partial charge on any atom is 0.170 e. The molecular weight excluding hydrogens is 244 g/mol. The topological polar surface area (TPSA) is 17.1 Å². The second-order valence-corrected chi connectivity index (χ2v) is 5.30. The number of aryl methyl sites for hydroxylation is 1. The molecule has 0 amide bonds. The molecule has 0 N–H and O–H groups in total. The zero-order valence-electron chi connectivity index (χ0n) is 12.3. The molecule has 0 radical (unpaired) electrons. The van der Waals surface area contributed by atoms with Gasteiger partial charge in [-0.1, -0.05) is 74.9 Å². The van der Waals surface area contributed by atoms with E-state index in [-0.39, 0.29) is 11.7 Å². The molecule has 2 aromatic rings. The number of hydrogen-bond donors (Lipinski definition) is 0. The minimum absolute atomic E-state index is 0.0855. The van der Waals surface area contributed by atoms with E-state index in [1.807, 2.05) is 49.4 Å². The van der Waals surface area contributed by atoms with Crippen LogP contribution in [-0.2, 0) is 6.42 Å². The number of hydrogen-bond acceptors (Lipinski definition) is 1. The number of unbranched alkanes of at least 4 members (excludes halogenated alkanes) is 1. The molecule has 0 heterocycles. The minimum Gasteiger partial charge on any atom is -0.294 e. The van der Waals surface area contributed by atoms with Gasteiger partial charge in [-0.2, -0.15) is 0 Å². The summed E-state index contributed by atoms with van der Waals surface area (Å²) >= 11 is 0. The van der Waals surface area contributed by atoms with E-state index in [0.29, 0.717) is 0 Å². The average molecular weight is 266 g/mol. The van der Waals surface area contributed by atoms with Gasteiger partial charge in [0.05, 0.1) is 0 Å². The van der Waals surface area contributed by atoms with Crippen LogP contribution in [-0.4, -0.2) is 5.78 Å². The molecule has 20 heavy (non-hydrogen) atoms. The number of benzene rings is 2. The lowest BCUT2D eigenvalue weighted by Crippen LogP contribution is -2.09. The van der Waals surface area contributed by atoms with Crippen molar-refractivity contribution in [3.05, 3.63) is 71.3 Å². The first-order chi connectivity index (χ1) is 9.72. The van der Waals surface area contributed by atoms with Crippen molar-refractivity contribution in [1.82, 2.24) is 0 Å². The molecule has 2 rings (SSSR count). The maximum absolute atomic E-state index is 12.5. The highest BCUT2D eigenvalue weighted by molar-refractivity contribution is 6.00. The normalized spacial score (nSPS) is 12.1. The average Bonchev–Trinajstić information content (AvgIpc) is 2.53. The lowest BCUT2D eigenvalue weighted by molar-refractivity contribution is 0.0966. The number of rotatable bonds is 6. The summed E-state index contributed by atoms with van der Waals surface area (Å²) in [5.41, 5.74) is 3.20. The lowest BCUT2D eigenvalue weighted by Gasteiger charge is -2.11. The summed E-state index contributed by atoms with van der Waals surface area (Å²) in [5, 5.41) is 0. The van der Waals surface area contributed by atoms with Gasteiger partial charge < -0.3 is 0 Å². The smallest absolute Gasteiger partial charge is 0.170 e. The Morgan fingerprint density at radius 1 is 1.00 bits per heavy atom. The van der Waals surface area contributed by atoms with Crippen LogP contribution < -0.4 is 0 Å². The maximum atomic E-state index is 12.5. The molecule has 104 valence electrons. The molecule has 1 unspecified atom stereocenters. The van der Waals surface area contributed by atoms with Gasteiger partial charge in [-0.15, -0.1) is 0 Å². The van der Waals surface area contributed by atoms with Crippen LogP contribution >= 0.6 is 0 Å². The summed E-state index contributed by atoms with van der Waals surface area (Å²) in [6.45, 7) is 4.17. The molecule has 1 nitrogen and oxygen atoms in total. The van der Waals surface area contributed by atoms with Crippen LogP contribution in [0.3, 0.4) is 0 Å². The van der Waals surface area contributed by atoms with Crippen molar-refractivity contribution in [3.8, 4) is 0 Å². The number of carbonyl (C=O) groups excluding carboxylic acids is 1. The van der Waals surface area contributed by atoms with Gasteiger partial charge in [0.2, 0.25) is 0 Å². The van der Waals surface area contributed by atoms with Gasteiger partial charge in [0.1, 0.15) is 0 Å². The number of Topliss-reactive ketones (excluding diaryl/α,β-unsaturated/α-hetero) is 1. The molecule has 0 aliphatic rings. The third-order valence-electron chi connectivity index (χ3n) is 3.75. The molecule has 1 atom stereocenters. The Morgan fingerprint density at radius 3 is 2.25 bits per heavy atom. The van der Waals surface area contributed by atoms with Crippen molar-refractivity contribution in [2.75, 3.05) is 0 Å². The molecule has 0 aromatic heterocycles. The fraction of sp³-hybridized carbons (Fsp3) is 0.316. The van der Waals surface area contributed by atoms with E-state index in [9.17, 15) is 4.79 Å². The SMILES string of the molecule is CCCCc1ccc(C(=O)C(C)c2ccccc2)cc1. The zero-order chi connectivity index (χ0) is 14.4. The molecule has 0 spiro atoms. The van der Waals surface area contributed by atoms with E-state index in [0.717, 1.165) is 17.5 Å². The summed E-state index contributed by atoms with van der Waals surface area (Å²) in [6, 6.07) is 18.1. The van der Waals surface area contributed by atoms with Gasteiger partial charge in [0, 0.05) is 11.5 Å². The Balaban J connectivity index is 2.09. The minimum atomic E-state index is -0.0855. The Labute approximate surface area is 121 Å². The highest BCUT2D eigenvalue weighted by atomic mass is 16.1. The molecule has 0 saturated carbocycles. The Bertz CT molecular complexity index is 540. The molecular formula is C19H22O. The van der Waals surface area contributed by atoms with Crippen molar-refractivity contribution in [2.24, 2.45) is 0 Å². The van der Waals surface area contributed by atoms with Crippen LogP contribution in [0.15, 0.2) is 54.6 Å². The number of ketones is 1. The molecule has 0 aliphatic carbocycles. The summed E-state index contributed by atoms with van der Waals surface area (Å²) < 4.78 is 0. The Kier molecular flexibility index (Phi) is 5.11. The summed E-state index contributed by atoms with van der Waals surface area (Å²) in [5.74, 6) is 0.107. The van der Waals surface area contributed by atoms with Crippen molar-refractivity contribution in [3.63, 3.8) is 0 Å². The van der Waals surface area contributed by atoms with E-state index >= 15 is 0 Å². The van der Waals surface area contributed by atoms with E-state index in [2.05, 4.69) is 19.1 Å². The van der Waals surface area contributed by atoms with Crippen LogP contribution in [0.25, 0.3) is 0 Å². The first-order valence-electron chi connectivity index (χ1n) is 7.40. The summed E-state index contributed by atoms with van der Waals surface area (Å²) in [6.07, 6.45) is 3.50. The van der Waals surface area contributed by atoms with Crippen LogP contribution in [0.1, 0.15) is 54.1 Å². The highest BCUT2D eigenvalue weighted by Crippen LogP contribution is 2.20. The molecule has 0 bridgehead atoms. The third kappa shape index (κ3) is 3.57. The van der Waals surface area contributed by atoms with Crippen molar-refractivity contribution in [2.45, 2.75) is 39.0 Å². The second kappa shape index (κ2) is 7.04. The van der Waals surface area contributed by atoms with Crippen molar-refractivity contribution >= 4 is 5.78 Å². The highest BCUT2D eigenvalue weighted by Gasteiger charge is 2.16. The standard InChI is InChI=1S/C19H22O/c1-3-4-8-16-11-13-18(14-12-16)19(20)15(2)17-9-6-5-7-10-17/h5-7,9-15H,3-4,8H2,1-2H3. The molecule has 2 aromatic carbocycles. The van der Waals surface area contributed by atoms with Gasteiger partial charge in [-0.3, -0.25) is 4.79 Å². The first kappa shape index (κ1) is 14.5. The van der Waals surface area contributed by atoms with E-state index in [1.165, 1.54) is 18.4 Å². The van der Waals surface area contributed by atoms with Crippen molar-refractivity contribution in [1.29, 1.82) is 0 Å².